The minimum atomic E-state index is -1.28. The molecule has 0 aliphatic rings. The lowest BCUT2D eigenvalue weighted by Crippen LogP contribution is -2.14. The zero-order valence-corrected chi connectivity index (χ0v) is 10.7. The third kappa shape index (κ3) is 2.57. The predicted octanol–water partition coefficient (Wildman–Crippen LogP) is 3.76. The molecule has 0 aliphatic heterocycles. The molecular weight excluding hydrogens is 260 g/mol. The molecule has 0 fully saturated rings. The minimum absolute atomic E-state index is 0.109. The van der Waals surface area contributed by atoms with Crippen molar-refractivity contribution in [1.29, 1.82) is 5.26 Å². The highest BCUT2D eigenvalue weighted by atomic mass is 19.1. The highest BCUT2D eigenvalue weighted by molar-refractivity contribution is 6.03. The zero-order chi connectivity index (χ0) is 14.7. The molecule has 0 aliphatic carbocycles. The van der Waals surface area contributed by atoms with Gasteiger partial charge < -0.3 is 0 Å². The third-order valence-corrected chi connectivity index (χ3v) is 3.08. The molecule has 0 saturated carbocycles. The van der Waals surface area contributed by atoms with Crippen LogP contribution in [-0.4, -0.2) is 5.78 Å². The second-order valence-corrected chi connectivity index (χ2v) is 4.41. The molecule has 0 spiro atoms. The van der Waals surface area contributed by atoms with Crippen molar-refractivity contribution in [2.24, 2.45) is 0 Å². The van der Waals surface area contributed by atoms with E-state index in [1.54, 1.807) is 37.3 Å². The average molecular weight is 271 g/mol. The van der Waals surface area contributed by atoms with Crippen LogP contribution in [0.25, 0.3) is 0 Å². The number of Topliss-reactive ketones (excluding diaryl/α,β-unsaturated/α-hetero) is 1. The highest BCUT2D eigenvalue weighted by Crippen LogP contribution is 2.25. The number of hydrogen-bond acceptors (Lipinski definition) is 2. The molecule has 2 rings (SSSR count). The molecule has 1 atom stereocenters. The summed E-state index contributed by atoms with van der Waals surface area (Å²) in [6.45, 7) is 1.74. The van der Waals surface area contributed by atoms with Crippen molar-refractivity contribution in [2.75, 3.05) is 0 Å². The molecule has 20 heavy (non-hydrogen) atoms. The van der Waals surface area contributed by atoms with Crippen LogP contribution >= 0.6 is 0 Å². The first kappa shape index (κ1) is 13.9. The normalized spacial score (nSPS) is 11.7. The van der Waals surface area contributed by atoms with Gasteiger partial charge in [-0.3, -0.25) is 4.79 Å². The van der Waals surface area contributed by atoms with Gasteiger partial charge in [0.2, 0.25) is 0 Å². The fourth-order valence-electron chi connectivity index (χ4n) is 2.01. The van der Waals surface area contributed by atoms with Crippen molar-refractivity contribution in [3.63, 3.8) is 0 Å². The summed E-state index contributed by atoms with van der Waals surface area (Å²) in [6, 6.07) is 11.4. The van der Waals surface area contributed by atoms with Crippen LogP contribution in [0.2, 0.25) is 0 Å². The monoisotopic (exact) mass is 271 g/mol. The molecule has 0 radical (unpaired) electrons. The van der Waals surface area contributed by atoms with Gasteiger partial charge in [0.05, 0.1) is 6.07 Å². The first-order valence-electron chi connectivity index (χ1n) is 5.99. The van der Waals surface area contributed by atoms with E-state index in [1.807, 2.05) is 0 Å². The minimum Gasteiger partial charge on any atom is -0.292 e. The first-order chi connectivity index (χ1) is 9.54. The maximum Gasteiger partial charge on any atom is 0.184 e. The maximum atomic E-state index is 13.7. The Morgan fingerprint density at radius 3 is 2.50 bits per heavy atom. The van der Waals surface area contributed by atoms with E-state index < -0.39 is 23.3 Å². The van der Waals surface area contributed by atoms with Crippen molar-refractivity contribution in [2.45, 2.75) is 12.8 Å². The SMILES string of the molecule is Cc1ccccc1C(=O)C(C#N)c1ccc(F)cc1F. The van der Waals surface area contributed by atoms with Gasteiger partial charge in [-0.05, 0) is 18.6 Å². The molecular formula is C16H11F2NO. The van der Waals surface area contributed by atoms with E-state index in [2.05, 4.69) is 0 Å². The van der Waals surface area contributed by atoms with Gasteiger partial charge in [-0.25, -0.2) is 8.78 Å². The van der Waals surface area contributed by atoms with Gasteiger partial charge in [0, 0.05) is 17.2 Å². The van der Waals surface area contributed by atoms with Crippen LogP contribution in [0.15, 0.2) is 42.5 Å². The molecule has 0 saturated heterocycles. The Labute approximate surface area is 115 Å². The number of carbonyl (C=O) groups excluding carboxylic acids is 1. The zero-order valence-electron chi connectivity index (χ0n) is 10.7. The Bertz CT molecular complexity index is 704. The number of hydrogen-bond donors (Lipinski definition) is 0. The fourth-order valence-corrected chi connectivity index (χ4v) is 2.01. The van der Waals surface area contributed by atoms with E-state index in [1.165, 1.54) is 0 Å². The van der Waals surface area contributed by atoms with E-state index in [9.17, 15) is 13.6 Å². The smallest absolute Gasteiger partial charge is 0.184 e. The number of benzene rings is 2. The molecule has 0 amide bonds. The van der Waals surface area contributed by atoms with Crippen molar-refractivity contribution >= 4 is 5.78 Å². The molecule has 1 unspecified atom stereocenters. The summed E-state index contributed by atoms with van der Waals surface area (Å²) in [5.74, 6) is -3.41. The van der Waals surface area contributed by atoms with Crippen molar-refractivity contribution < 1.29 is 13.6 Å². The molecule has 100 valence electrons. The summed E-state index contributed by atoms with van der Waals surface area (Å²) in [4.78, 5) is 12.4. The van der Waals surface area contributed by atoms with Gasteiger partial charge >= 0.3 is 0 Å². The number of rotatable bonds is 3. The van der Waals surface area contributed by atoms with Crippen LogP contribution < -0.4 is 0 Å². The van der Waals surface area contributed by atoms with Gasteiger partial charge in [-0.1, -0.05) is 30.3 Å². The Morgan fingerprint density at radius 1 is 1.20 bits per heavy atom. The number of ketones is 1. The van der Waals surface area contributed by atoms with Crippen molar-refractivity contribution in [1.82, 2.24) is 0 Å². The lowest BCUT2D eigenvalue weighted by Gasteiger charge is -2.11. The van der Waals surface area contributed by atoms with Gasteiger partial charge in [0.15, 0.2) is 5.78 Å². The van der Waals surface area contributed by atoms with Crippen LogP contribution in [0.4, 0.5) is 8.78 Å². The topological polar surface area (TPSA) is 40.9 Å². The maximum absolute atomic E-state index is 13.7. The van der Waals surface area contributed by atoms with Crippen LogP contribution in [0, 0.1) is 29.9 Å². The molecule has 4 heteroatoms. The highest BCUT2D eigenvalue weighted by Gasteiger charge is 2.25. The fraction of sp³-hybridized carbons (Fsp3) is 0.125. The number of aryl methyl sites for hydroxylation is 1. The third-order valence-electron chi connectivity index (χ3n) is 3.08. The van der Waals surface area contributed by atoms with E-state index in [0.29, 0.717) is 17.2 Å². The quantitative estimate of drug-likeness (QED) is 0.797. The molecule has 0 bridgehead atoms. The van der Waals surface area contributed by atoms with Crippen LogP contribution in [0.5, 0.6) is 0 Å². The standard InChI is InChI=1S/C16H11F2NO/c1-10-4-2-3-5-12(10)16(20)14(9-19)13-7-6-11(17)8-15(13)18/h2-8,14H,1H3. The van der Waals surface area contributed by atoms with Gasteiger partial charge in [-0.2, -0.15) is 5.26 Å². The Kier molecular flexibility index (Phi) is 3.90. The molecule has 0 heterocycles. The molecule has 2 aromatic rings. The summed E-state index contributed by atoms with van der Waals surface area (Å²) in [5, 5.41) is 9.16. The van der Waals surface area contributed by atoms with E-state index in [0.717, 1.165) is 12.1 Å². The predicted molar refractivity (Wildman–Crippen MR) is 70.2 cm³/mol. The lowest BCUT2D eigenvalue weighted by atomic mass is 9.89. The van der Waals surface area contributed by atoms with Gasteiger partial charge in [-0.15, -0.1) is 0 Å². The van der Waals surface area contributed by atoms with Gasteiger partial charge in [0.25, 0.3) is 0 Å². The van der Waals surface area contributed by atoms with Gasteiger partial charge in [0.1, 0.15) is 17.6 Å². The Morgan fingerprint density at radius 2 is 1.90 bits per heavy atom. The second kappa shape index (κ2) is 5.62. The van der Waals surface area contributed by atoms with E-state index >= 15 is 0 Å². The van der Waals surface area contributed by atoms with Crippen molar-refractivity contribution in [3.05, 3.63) is 70.8 Å². The average Bonchev–Trinajstić information content (AvgIpc) is 2.42. The Hall–Kier alpha value is -2.54. The Balaban J connectivity index is 2.46. The van der Waals surface area contributed by atoms with Crippen LogP contribution in [-0.2, 0) is 0 Å². The van der Waals surface area contributed by atoms with Crippen molar-refractivity contribution in [3.8, 4) is 6.07 Å². The summed E-state index contributed by atoms with van der Waals surface area (Å²) in [5.41, 5.74) is 0.963. The summed E-state index contributed by atoms with van der Waals surface area (Å²) < 4.78 is 26.6. The molecule has 0 aromatic heterocycles. The number of halogens is 2. The summed E-state index contributed by atoms with van der Waals surface area (Å²) in [6.07, 6.45) is 0. The summed E-state index contributed by atoms with van der Waals surface area (Å²) >= 11 is 0. The van der Waals surface area contributed by atoms with E-state index in [4.69, 9.17) is 5.26 Å². The molecule has 2 nitrogen and oxygen atoms in total. The van der Waals surface area contributed by atoms with E-state index in [-0.39, 0.29) is 5.56 Å². The molecule has 2 aromatic carbocycles. The number of nitrogens with zero attached hydrogens (tertiary/aromatic N) is 1. The number of carbonyl (C=O) groups is 1. The van der Waals surface area contributed by atoms with Crippen LogP contribution in [0.3, 0.4) is 0 Å². The second-order valence-electron chi connectivity index (χ2n) is 4.41. The first-order valence-corrected chi connectivity index (χ1v) is 5.99. The summed E-state index contributed by atoms with van der Waals surface area (Å²) in [7, 11) is 0. The lowest BCUT2D eigenvalue weighted by molar-refractivity contribution is 0.0977. The largest absolute Gasteiger partial charge is 0.292 e. The van der Waals surface area contributed by atoms with Crippen LogP contribution in [0.1, 0.15) is 27.4 Å². The number of nitriles is 1. The molecule has 0 N–H and O–H groups in total.